The average Bonchev–Trinajstić information content (AvgIpc) is 2.42. The molecule has 6 nitrogen and oxygen atoms in total. The fourth-order valence-electron chi connectivity index (χ4n) is 1.50. The normalized spacial score (nSPS) is 12.0. The zero-order chi connectivity index (χ0) is 16.8. The fraction of sp³-hybridized carbons (Fsp3) is 0.385. The first-order chi connectivity index (χ1) is 10.2. The van der Waals surface area contributed by atoms with Crippen LogP contribution in [0.2, 0.25) is 0 Å². The highest BCUT2D eigenvalue weighted by Crippen LogP contribution is 2.18. The Morgan fingerprint density at radius 2 is 1.78 bits per heavy atom. The molecule has 0 aromatic heterocycles. The first kappa shape index (κ1) is 21.0. The molecule has 1 aromatic carbocycles. The van der Waals surface area contributed by atoms with Gasteiger partial charge in [-0.05, 0) is 17.7 Å². The molecule has 130 valence electrons. The van der Waals surface area contributed by atoms with Crippen LogP contribution in [0.5, 0.6) is 5.75 Å². The third-order valence-electron chi connectivity index (χ3n) is 2.55. The van der Waals surface area contributed by atoms with Gasteiger partial charge in [0.2, 0.25) is 11.8 Å². The summed E-state index contributed by atoms with van der Waals surface area (Å²) in [5.41, 5.74) is 11.0. The summed E-state index contributed by atoms with van der Waals surface area (Å²) in [6.07, 6.45) is -4.67. The van der Waals surface area contributed by atoms with E-state index in [0.717, 1.165) is 0 Å². The second-order valence-corrected chi connectivity index (χ2v) is 4.54. The predicted molar refractivity (Wildman–Crippen MR) is 78.9 cm³/mol. The van der Waals surface area contributed by atoms with Crippen LogP contribution in [0.3, 0.4) is 0 Å². The predicted octanol–water partition coefficient (Wildman–Crippen LogP) is 0.868. The number of benzene rings is 1. The van der Waals surface area contributed by atoms with Crippen molar-refractivity contribution in [2.45, 2.75) is 25.2 Å². The third-order valence-corrected chi connectivity index (χ3v) is 2.55. The molecule has 0 aliphatic carbocycles. The Hall–Kier alpha value is -2.00. The quantitative estimate of drug-likeness (QED) is 0.674. The van der Waals surface area contributed by atoms with E-state index in [0.29, 0.717) is 5.56 Å². The monoisotopic (exact) mass is 355 g/mol. The van der Waals surface area contributed by atoms with Crippen LogP contribution in [-0.4, -0.2) is 30.6 Å². The van der Waals surface area contributed by atoms with Crippen molar-refractivity contribution in [1.29, 1.82) is 0 Å². The zero-order valence-electron chi connectivity index (χ0n) is 11.9. The largest absolute Gasteiger partial charge is 0.484 e. The number of amides is 2. The minimum atomic E-state index is -4.40. The van der Waals surface area contributed by atoms with Gasteiger partial charge in [0.1, 0.15) is 5.75 Å². The van der Waals surface area contributed by atoms with E-state index in [2.05, 4.69) is 10.1 Å². The van der Waals surface area contributed by atoms with Crippen molar-refractivity contribution in [3.63, 3.8) is 0 Å². The lowest BCUT2D eigenvalue weighted by atomic mass is 10.2. The molecule has 0 spiro atoms. The van der Waals surface area contributed by atoms with Gasteiger partial charge < -0.3 is 21.5 Å². The van der Waals surface area contributed by atoms with Gasteiger partial charge >= 0.3 is 6.18 Å². The molecular formula is C13H17ClF3N3O3. The smallest absolute Gasteiger partial charge is 0.422 e. The van der Waals surface area contributed by atoms with E-state index >= 15 is 0 Å². The van der Waals surface area contributed by atoms with E-state index in [4.69, 9.17) is 11.5 Å². The van der Waals surface area contributed by atoms with E-state index in [9.17, 15) is 22.8 Å². The highest BCUT2D eigenvalue weighted by Gasteiger charge is 2.28. The standard InChI is InChI=1S/C13H16F3N3O3.ClH/c14-13(15,16)7-22-9-3-1-8(2-4-9)6-19-12(21)10(17)5-11(18)20;/h1-4,10H,5-7,17H2,(H2,18,20)(H,19,21);1H. The van der Waals surface area contributed by atoms with Gasteiger partial charge in [-0.2, -0.15) is 13.2 Å². The molecule has 1 rings (SSSR count). The van der Waals surface area contributed by atoms with Crippen LogP contribution in [0.25, 0.3) is 0 Å². The molecule has 0 radical (unpaired) electrons. The molecule has 2 amide bonds. The first-order valence-corrected chi connectivity index (χ1v) is 6.27. The number of alkyl halides is 3. The Balaban J connectivity index is 0.00000484. The molecule has 1 unspecified atom stereocenters. The Morgan fingerprint density at radius 3 is 2.26 bits per heavy atom. The Kier molecular flexibility index (Phi) is 8.41. The number of halogens is 4. The van der Waals surface area contributed by atoms with Gasteiger partial charge in [0.15, 0.2) is 6.61 Å². The lowest BCUT2D eigenvalue weighted by Crippen LogP contribution is -2.42. The van der Waals surface area contributed by atoms with Gasteiger partial charge in [0.05, 0.1) is 12.5 Å². The molecule has 10 heteroatoms. The maximum absolute atomic E-state index is 12.0. The molecular weight excluding hydrogens is 339 g/mol. The van der Waals surface area contributed by atoms with E-state index in [1.165, 1.54) is 24.3 Å². The number of hydrogen-bond donors (Lipinski definition) is 3. The second kappa shape index (κ2) is 9.21. The average molecular weight is 356 g/mol. The summed E-state index contributed by atoms with van der Waals surface area (Å²) in [7, 11) is 0. The van der Waals surface area contributed by atoms with Crippen LogP contribution in [0.15, 0.2) is 24.3 Å². The maximum Gasteiger partial charge on any atom is 0.422 e. The summed E-state index contributed by atoms with van der Waals surface area (Å²) in [6, 6.07) is 4.69. The second-order valence-electron chi connectivity index (χ2n) is 4.54. The van der Waals surface area contributed by atoms with Crippen molar-refractivity contribution in [3.8, 4) is 5.75 Å². The van der Waals surface area contributed by atoms with Crippen LogP contribution >= 0.6 is 12.4 Å². The summed E-state index contributed by atoms with van der Waals surface area (Å²) in [5.74, 6) is -1.16. The van der Waals surface area contributed by atoms with Gasteiger partial charge in [-0.3, -0.25) is 9.59 Å². The molecule has 1 atom stereocenters. The summed E-state index contributed by atoms with van der Waals surface area (Å²) >= 11 is 0. The maximum atomic E-state index is 12.0. The molecule has 0 bridgehead atoms. The van der Waals surface area contributed by atoms with E-state index in [1.54, 1.807) is 0 Å². The van der Waals surface area contributed by atoms with Crippen LogP contribution in [0.4, 0.5) is 13.2 Å². The number of carbonyl (C=O) groups excluding carboxylic acids is 2. The van der Waals surface area contributed by atoms with Crippen molar-refractivity contribution in [2.24, 2.45) is 11.5 Å². The van der Waals surface area contributed by atoms with Gasteiger partial charge in [0, 0.05) is 6.54 Å². The number of rotatable bonds is 7. The zero-order valence-corrected chi connectivity index (χ0v) is 12.7. The Bertz CT molecular complexity index is 523. The SMILES string of the molecule is Cl.NC(=O)CC(N)C(=O)NCc1ccc(OCC(F)(F)F)cc1. The van der Waals surface area contributed by atoms with Crippen LogP contribution in [-0.2, 0) is 16.1 Å². The van der Waals surface area contributed by atoms with Crippen molar-refractivity contribution >= 4 is 24.2 Å². The Labute approximate surface area is 136 Å². The molecule has 0 heterocycles. The molecule has 0 saturated heterocycles. The lowest BCUT2D eigenvalue weighted by molar-refractivity contribution is -0.153. The number of nitrogens with two attached hydrogens (primary N) is 2. The van der Waals surface area contributed by atoms with Crippen molar-refractivity contribution in [1.82, 2.24) is 5.32 Å². The third kappa shape index (κ3) is 8.89. The van der Waals surface area contributed by atoms with Crippen molar-refractivity contribution < 1.29 is 27.5 Å². The molecule has 23 heavy (non-hydrogen) atoms. The minimum absolute atomic E-state index is 0. The summed E-state index contributed by atoms with van der Waals surface area (Å²) in [4.78, 5) is 22.2. The van der Waals surface area contributed by atoms with Crippen LogP contribution < -0.4 is 21.5 Å². The van der Waals surface area contributed by atoms with Crippen molar-refractivity contribution in [2.75, 3.05) is 6.61 Å². The summed E-state index contributed by atoms with van der Waals surface area (Å²) < 4.78 is 40.5. The van der Waals surface area contributed by atoms with Gasteiger partial charge in [-0.1, -0.05) is 12.1 Å². The van der Waals surface area contributed by atoms with Crippen molar-refractivity contribution in [3.05, 3.63) is 29.8 Å². The minimum Gasteiger partial charge on any atom is -0.484 e. The number of carbonyl (C=O) groups is 2. The molecule has 0 saturated carbocycles. The van der Waals surface area contributed by atoms with Crippen LogP contribution in [0, 0.1) is 0 Å². The molecule has 0 aliphatic heterocycles. The molecule has 1 aromatic rings. The summed E-state index contributed by atoms with van der Waals surface area (Å²) in [5, 5.41) is 2.49. The number of hydrogen-bond acceptors (Lipinski definition) is 4. The van der Waals surface area contributed by atoms with E-state index in [-0.39, 0.29) is 31.1 Å². The molecule has 0 aliphatic rings. The lowest BCUT2D eigenvalue weighted by Gasteiger charge is -2.12. The highest BCUT2D eigenvalue weighted by atomic mass is 35.5. The Morgan fingerprint density at radius 1 is 1.22 bits per heavy atom. The van der Waals surface area contributed by atoms with E-state index in [1.807, 2.05) is 0 Å². The number of nitrogens with one attached hydrogen (secondary N) is 1. The molecule has 0 fully saturated rings. The van der Waals surface area contributed by atoms with E-state index < -0.39 is 30.6 Å². The van der Waals surface area contributed by atoms with Crippen LogP contribution in [0.1, 0.15) is 12.0 Å². The number of primary amides is 1. The van der Waals surface area contributed by atoms with Gasteiger partial charge in [-0.15, -0.1) is 12.4 Å². The molecule has 5 N–H and O–H groups in total. The number of ether oxygens (including phenoxy) is 1. The topological polar surface area (TPSA) is 107 Å². The first-order valence-electron chi connectivity index (χ1n) is 6.27. The highest BCUT2D eigenvalue weighted by molar-refractivity contribution is 5.87. The summed E-state index contributed by atoms with van der Waals surface area (Å²) in [6.45, 7) is -1.25. The van der Waals surface area contributed by atoms with Gasteiger partial charge in [0.25, 0.3) is 0 Å². The van der Waals surface area contributed by atoms with Gasteiger partial charge in [-0.25, -0.2) is 0 Å². The fourth-order valence-corrected chi connectivity index (χ4v) is 1.50.